The molecule has 2 rings (SSSR count). The summed E-state index contributed by atoms with van der Waals surface area (Å²) in [6.07, 6.45) is 2.76. The van der Waals surface area contributed by atoms with E-state index in [1.807, 2.05) is 12.1 Å². The highest BCUT2D eigenvalue weighted by atomic mass is 32.2. The number of hydrogen-bond donors (Lipinski definition) is 2. The standard InChI is InChI=1S/C18H23FN4OS/c1-20-18(23-13-14-4-9-17(24-2)22-12-14)21-10-3-11-25-16-7-5-15(19)6-8-16/h4-9,12H,3,10-11,13H2,1-2H3,(H2,20,21,23). The molecule has 134 valence electrons. The largest absolute Gasteiger partial charge is 0.481 e. The summed E-state index contributed by atoms with van der Waals surface area (Å²) in [5.74, 6) is 2.11. The van der Waals surface area contributed by atoms with E-state index in [0.29, 0.717) is 12.4 Å². The lowest BCUT2D eigenvalue weighted by molar-refractivity contribution is 0.397. The number of pyridine rings is 1. The fourth-order valence-corrected chi connectivity index (χ4v) is 2.90. The maximum atomic E-state index is 12.8. The molecule has 2 N–H and O–H groups in total. The first-order valence-electron chi connectivity index (χ1n) is 8.03. The van der Waals surface area contributed by atoms with E-state index in [-0.39, 0.29) is 5.82 Å². The van der Waals surface area contributed by atoms with E-state index in [2.05, 4.69) is 20.6 Å². The van der Waals surface area contributed by atoms with Gasteiger partial charge in [0.1, 0.15) is 5.82 Å². The second-order valence-electron chi connectivity index (χ2n) is 5.22. The Balaban J connectivity index is 1.63. The summed E-state index contributed by atoms with van der Waals surface area (Å²) in [7, 11) is 3.34. The van der Waals surface area contributed by atoms with Crippen molar-refractivity contribution in [2.45, 2.75) is 17.9 Å². The lowest BCUT2D eigenvalue weighted by Gasteiger charge is -2.12. The molecule has 5 nitrogen and oxygen atoms in total. The molecule has 0 atom stereocenters. The van der Waals surface area contributed by atoms with Gasteiger partial charge in [0.25, 0.3) is 0 Å². The molecule has 1 aromatic carbocycles. The zero-order valence-corrected chi connectivity index (χ0v) is 15.3. The molecule has 0 unspecified atom stereocenters. The van der Waals surface area contributed by atoms with Crippen molar-refractivity contribution >= 4 is 17.7 Å². The Bertz CT molecular complexity index is 662. The van der Waals surface area contributed by atoms with E-state index in [9.17, 15) is 4.39 Å². The minimum atomic E-state index is -0.201. The van der Waals surface area contributed by atoms with E-state index in [1.54, 1.807) is 44.2 Å². The molecule has 0 aliphatic carbocycles. The van der Waals surface area contributed by atoms with Gasteiger partial charge in [-0.1, -0.05) is 6.07 Å². The Kier molecular flexibility index (Phi) is 8.04. The molecule has 0 saturated carbocycles. The molecule has 1 aromatic heterocycles. The summed E-state index contributed by atoms with van der Waals surface area (Å²) in [5.41, 5.74) is 1.05. The van der Waals surface area contributed by atoms with Crippen molar-refractivity contribution in [1.29, 1.82) is 0 Å². The Morgan fingerprint density at radius 2 is 2.00 bits per heavy atom. The molecular formula is C18H23FN4OS. The third kappa shape index (κ3) is 7.01. The monoisotopic (exact) mass is 362 g/mol. The van der Waals surface area contributed by atoms with E-state index in [4.69, 9.17) is 4.74 Å². The first-order chi connectivity index (χ1) is 12.2. The Morgan fingerprint density at radius 3 is 2.64 bits per heavy atom. The lowest BCUT2D eigenvalue weighted by atomic mass is 10.3. The van der Waals surface area contributed by atoms with Crippen LogP contribution in [0.2, 0.25) is 0 Å². The number of halogens is 1. The molecule has 0 amide bonds. The van der Waals surface area contributed by atoms with Crippen molar-refractivity contribution in [1.82, 2.24) is 15.6 Å². The number of nitrogens with zero attached hydrogens (tertiary/aromatic N) is 2. The molecule has 25 heavy (non-hydrogen) atoms. The average Bonchev–Trinajstić information content (AvgIpc) is 2.66. The molecule has 0 aliphatic rings. The van der Waals surface area contributed by atoms with Crippen molar-refractivity contribution in [3.8, 4) is 5.88 Å². The predicted molar refractivity (Wildman–Crippen MR) is 101 cm³/mol. The highest BCUT2D eigenvalue weighted by Gasteiger charge is 2.00. The zero-order valence-electron chi connectivity index (χ0n) is 14.5. The van der Waals surface area contributed by atoms with Crippen LogP contribution in [0.1, 0.15) is 12.0 Å². The molecule has 0 fully saturated rings. The Morgan fingerprint density at radius 1 is 1.20 bits per heavy atom. The fraction of sp³-hybridized carbons (Fsp3) is 0.333. The first kappa shape index (κ1) is 19.1. The smallest absolute Gasteiger partial charge is 0.212 e. The van der Waals surface area contributed by atoms with Gasteiger partial charge in [-0.05, 0) is 42.0 Å². The quantitative estimate of drug-likeness (QED) is 0.327. The van der Waals surface area contributed by atoms with Gasteiger partial charge in [-0.3, -0.25) is 4.99 Å². The maximum absolute atomic E-state index is 12.8. The summed E-state index contributed by atoms with van der Waals surface area (Å²) in [6.45, 7) is 1.45. The van der Waals surface area contributed by atoms with Crippen LogP contribution in [0.3, 0.4) is 0 Å². The third-order valence-electron chi connectivity index (χ3n) is 3.39. The van der Waals surface area contributed by atoms with Crippen LogP contribution in [-0.2, 0) is 6.54 Å². The van der Waals surface area contributed by atoms with Crippen molar-refractivity contribution in [2.75, 3.05) is 26.5 Å². The molecular weight excluding hydrogens is 339 g/mol. The minimum absolute atomic E-state index is 0.201. The summed E-state index contributed by atoms with van der Waals surface area (Å²) >= 11 is 1.72. The molecule has 0 bridgehead atoms. The van der Waals surface area contributed by atoms with Crippen LogP contribution >= 0.6 is 11.8 Å². The number of aliphatic imine (C=N–C) groups is 1. The summed E-state index contributed by atoms with van der Waals surface area (Å²) in [6, 6.07) is 10.4. The number of ether oxygens (including phenoxy) is 1. The Hall–Kier alpha value is -2.28. The fourth-order valence-electron chi connectivity index (χ4n) is 2.04. The van der Waals surface area contributed by atoms with Crippen LogP contribution in [0.5, 0.6) is 5.88 Å². The summed E-state index contributed by atoms with van der Waals surface area (Å²) in [5, 5.41) is 6.53. The van der Waals surface area contributed by atoms with Gasteiger partial charge in [0.2, 0.25) is 5.88 Å². The molecule has 0 radical (unpaired) electrons. The number of hydrogen-bond acceptors (Lipinski definition) is 4. The van der Waals surface area contributed by atoms with Gasteiger partial charge in [0.15, 0.2) is 5.96 Å². The summed E-state index contributed by atoms with van der Waals surface area (Å²) in [4.78, 5) is 9.46. The maximum Gasteiger partial charge on any atom is 0.212 e. The first-order valence-corrected chi connectivity index (χ1v) is 9.01. The number of methoxy groups -OCH3 is 1. The minimum Gasteiger partial charge on any atom is -0.481 e. The van der Waals surface area contributed by atoms with E-state index in [1.165, 1.54) is 12.1 Å². The highest BCUT2D eigenvalue weighted by Crippen LogP contribution is 2.18. The SMILES string of the molecule is CN=C(NCCCSc1ccc(F)cc1)NCc1ccc(OC)nc1. The number of aromatic nitrogens is 1. The van der Waals surface area contributed by atoms with Gasteiger partial charge in [0, 0.05) is 37.3 Å². The van der Waals surface area contributed by atoms with Gasteiger partial charge in [-0.15, -0.1) is 11.8 Å². The Labute approximate surface area is 152 Å². The van der Waals surface area contributed by atoms with Gasteiger partial charge in [-0.25, -0.2) is 9.37 Å². The van der Waals surface area contributed by atoms with Crippen LogP contribution in [0, 0.1) is 5.82 Å². The lowest BCUT2D eigenvalue weighted by Crippen LogP contribution is -2.37. The van der Waals surface area contributed by atoms with E-state index < -0.39 is 0 Å². The number of guanidine groups is 1. The van der Waals surface area contributed by atoms with Crippen molar-refractivity contribution in [2.24, 2.45) is 4.99 Å². The van der Waals surface area contributed by atoms with Crippen LogP contribution in [0.15, 0.2) is 52.5 Å². The van der Waals surface area contributed by atoms with Gasteiger partial charge < -0.3 is 15.4 Å². The van der Waals surface area contributed by atoms with Gasteiger partial charge in [-0.2, -0.15) is 0 Å². The summed E-state index contributed by atoms with van der Waals surface area (Å²) < 4.78 is 17.9. The second kappa shape index (κ2) is 10.6. The molecule has 2 aromatic rings. The van der Waals surface area contributed by atoms with Crippen LogP contribution < -0.4 is 15.4 Å². The molecule has 1 heterocycles. The van der Waals surface area contributed by atoms with Crippen molar-refractivity contribution < 1.29 is 9.13 Å². The number of benzene rings is 1. The van der Waals surface area contributed by atoms with Crippen LogP contribution in [-0.4, -0.2) is 37.4 Å². The van der Waals surface area contributed by atoms with Gasteiger partial charge in [0.05, 0.1) is 7.11 Å². The number of rotatable bonds is 8. The van der Waals surface area contributed by atoms with Crippen LogP contribution in [0.25, 0.3) is 0 Å². The molecule has 0 saturated heterocycles. The highest BCUT2D eigenvalue weighted by molar-refractivity contribution is 7.99. The molecule has 0 aliphatic heterocycles. The molecule has 7 heteroatoms. The normalized spacial score (nSPS) is 11.2. The van der Waals surface area contributed by atoms with Crippen molar-refractivity contribution in [3.05, 3.63) is 54.0 Å². The van der Waals surface area contributed by atoms with Crippen LogP contribution in [0.4, 0.5) is 4.39 Å². The number of nitrogens with one attached hydrogen (secondary N) is 2. The molecule has 0 spiro atoms. The average molecular weight is 362 g/mol. The zero-order chi connectivity index (χ0) is 17.9. The van der Waals surface area contributed by atoms with Crippen molar-refractivity contribution in [3.63, 3.8) is 0 Å². The van der Waals surface area contributed by atoms with E-state index >= 15 is 0 Å². The van der Waals surface area contributed by atoms with E-state index in [0.717, 1.165) is 35.1 Å². The number of thioether (sulfide) groups is 1. The second-order valence-corrected chi connectivity index (χ2v) is 6.39. The van der Waals surface area contributed by atoms with Gasteiger partial charge >= 0.3 is 0 Å². The third-order valence-corrected chi connectivity index (χ3v) is 4.48. The predicted octanol–water partition coefficient (Wildman–Crippen LogP) is 3.08. The topological polar surface area (TPSA) is 58.5 Å².